The molecule has 4 aromatic rings. The van der Waals surface area contributed by atoms with Crippen molar-refractivity contribution in [1.82, 2.24) is 4.98 Å². The lowest BCUT2D eigenvalue weighted by molar-refractivity contribution is 0.0983. The van der Waals surface area contributed by atoms with E-state index >= 15 is 0 Å². The van der Waals surface area contributed by atoms with E-state index in [9.17, 15) is 13.2 Å². The molecule has 0 N–H and O–H groups in total. The van der Waals surface area contributed by atoms with Crippen molar-refractivity contribution in [3.8, 4) is 0 Å². The lowest BCUT2D eigenvalue weighted by Gasteiger charge is -2.19. The van der Waals surface area contributed by atoms with Crippen LogP contribution in [0.1, 0.15) is 27.2 Å². The van der Waals surface area contributed by atoms with Crippen LogP contribution in [0.25, 0.3) is 10.2 Å². The first kappa shape index (κ1) is 20.3. The summed E-state index contributed by atoms with van der Waals surface area (Å²) >= 11 is 1.44. The fourth-order valence-electron chi connectivity index (χ4n) is 3.07. The normalized spacial score (nSPS) is 11.7. The van der Waals surface area contributed by atoms with E-state index in [0.29, 0.717) is 16.5 Å². The number of anilines is 1. The van der Waals surface area contributed by atoms with Gasteiger partial charge in [-0.25, -0.2) is 13.4 Å². The van der Waals surface area contributed by atoms with Crippen LogP contribution in [0, 0.1) is 13.8 Å². The summed E-state index contributed by atoms with van der Waals surface area (Å²) in [6.07, 6.45) is 2.70. The number of carbonyl (C=O) groups excluding carboxylic acids is 1. The molecule has 0 unspecified atom stereocenters. The highest BCUT2D eigenvalue weighted by atomic mass is 32.2. The number of carbonyl (C=O) groups is 1. The van der Waals surface area contributed by atoms with Crippen LogP contribution in [0.5, 0.6) is 0 Å². The standard InChI is InChI=1S/C22H20N2O4S2/c1-14-11-19-20(12-15(14)2)29-22(23-19)24(13-17-5-4-10-28-17)21(25)16-6-8-18(9-7-16)30(3,26)27/h4-12H,13H2,1-3H3. The Labute approximate surface area is 178 Å². The summed E-state index contributed by atoms with van der Waals surface area (Å²) in [7, 11) is -3.33. The number of rotatable bonds is 5. The van der Waals surface area contributed by atoms with E-state index in [1.807, 2.05) is 19.9 Å². The summed E-state index contributed by atoms with van der Waals surface area (Å²) in [5.41, 5.74) is 3.51. The molecule has 0 bridgehead atoms. The summed E-state index contributed by atoms with van der Waals surface area (Å²) in [5.74, 6) is 0.349. The molecular formula is C22H20N2O4S2. The zero-order valence-corrected chi connectivity index (χ0v) is 18.4. The van der Waals surface area contributed by atoms with Crippen LogP contribution in [-0.4, -0.2) is 25.6 Å². The van der Waals surface area contributed by atoms with Crippen molar-refractivity contribution in [1.29, 1.82) is 0 Å². The first-order valence-corrected chi connectivity index (χ1v) is 12.0. The average molecular weight is 441 g/mol. The minimum absolute atomic E-state index is 0.169. The Morgan fingerprint density at radius 2 is 1.80 bits per heavy atom. The van der Waals surface area contributed by atoms with Crippen molar-refractivity contribution in [2.45, 2.75) is 25.3 Å². The first-order valence-electron chi connectivity index (χ1n) is 9.24. The van der Waals surface area contributed by atoms with Crippen molar-refractivity contribution >= 4 is 42.4 Å². The highest BCUT2D eigenvalue weighted by Gasteiger charge is 2.23. The van der Waals surface area contributed by atoms with E-state index in [2.05, 4.69) is 11.1 Å². The maximum atomic E-state index is 13.3. The number of nitrogens with zero attached hydrogens (tertiary/aromatic N) is 2. The van der Waals surface area contributed by atoms with E-state index in [0.717, 1.165) is 27.6 Å². The second-order valence-electron chi connectivity index (χ2n) is 7.17. The molecule has 0 fully saturated rings. The van der Waals surface area contributed by atoms with Crippen molar-refractivity contribution < 1.29 is 17.6 Å². The summed E-state index contributed by atoms with van der Waals surface area (Å²) in [5, 5.41) is 0.559. The molecule has 6 nitrogen and oxygen atoms in total. The van der Waals surface area contributed by atoms with Gasteiger partial charge in [-0.1, -0.05) is 11.3 Å². The summed E-state index contributed by atoms with van der Waals surface area (Å²) < 4.78 is 29.9. The lowest BCUT2D eigenvalue weighted by Crippen LogP contribution is -2.30. The Morgan fingerprint density at radius 1 is 1.10 bits per heavy atom. The molecule has 2 aromatic carbocycles. The number of thiazole rings is 1. The Hall–Kier alpha value is -2.97. The van der Waals surface area contributed by atoms with E-state index in [4.69, 9.17) is 4.42 Å². The number of furan rings is 1. The van der Waals surface area contributed by atoms with Crippen molar-refractivity contribution in [2.75, 3.05) is 11.2 Å². The summed E-state index contributed by atoms with van der Waals surface area (Å²) in [6.45, 7) is 4.30. The minimum atomic E-state index is -3.33. The predicted octanol–water partition coefficient (Wildman–Crippen LogP) is 4.76. The molecule has 2 aromatic heterocycles. The second-order valence-corrected chi connectivity index (χ2v) is 10.2. The maximum absolute atomic E-state index is 13.3. The molecule has 2 heterocycles. The predicted molar refractivity (Wildman–Crippen MR) is 118 cm³/mol. The molecule has 0 spiro atoms. The maximum Gasteiger partial charge on any atom is 0.260 e. The number of benzene rings is 2. The zero-order valence-electron chi connectivity index (χ0n) is 16.7. The second kappa shape index (κ2) is 7.70. The van der Waals surface area contributed by atoms with Crippen LogP contribution in [0.15, 0.2) is 64.1 Å². The van der Waals surface area contributed by atoms with Crippen molar-refractivity contribution in [3.05, 3.63) is 77.2 Å². The third-order valence-corrected chi connectivity index (χ3v) is 7.06. The van der Waals surface area contributed by atoms with Crippen molar-refractivity contribution in [3.63, 3.8) is 0 Å². The molecule has 0 atom stereocenters. The molecule has 0 saturated carbocycles. The molecular weight excluding hydrogens is 420 g/mol. The van der Waals surface area contributed by atoms with Gasteiger partial charge in [0.1, 0.15) is 5.76 Å². The Bertz CT molecular complexity index is 1280. The molecule has 0 radical (unpaired) electrons. The van der Waals surface area contributed by atoms with E-state index in [-0.39, 0.29) is 17.3 Å². The zero-order chi connectivity index (χ0) is 21.5. The largest absolute Gasteiger partial charge is 0.467 e. The van der Waals surface area contributed by atoms with Gasteiger partial charge >= 0.3 is 0 Å². The smallest absolute Gasteiger partial charge is 0.260 e. The van der Waals surface area contributed by atoms with Gasteiger partial charge in [0, 0.05) is 11.8 Å². The Morgan fingerprint density at radius 3 is 2.43 bits per heavy atom. The van der Waals surface area contributed by atoms with Gasteiger partial charge in [0.15, 0.2) is 15.0 Å². The number of aromatic nitrogens is 1. The molecule has 4 rings (SSSR count). The van der Waals surface area contributed by atoms with Gasteiger partial charge in [-0.3, -0.25) is 9.69 Å². The van der Waals surface area contributed by atoms with E-state index < -0.39 is 9.84 Å². The molecule has 154 valence electrons. The Balaban J connectivity index is 1.75. The van der Waals surface area contributed by atoms with Crippen molar-refractivity contribution in [2.24, 2.45) is 0 Å². The van der Waals surface area contributed by atoms with Crippen LogP contribution in [0.3, 0.4) is 0 Å². The third-order valence-electron chi connectivity index (χ3n) is 4.89. The molecule has 0 aliphatic carbocycles. The topological polar surface area (TPSA) is 80.5 Å². The minimum Gasteiger partial charge on any atom is -0.467 e. The van der Waals surface area contributed by atoms with Gasteiger partial charge in [0.2, 0.25) is 0 Å². The highest BCUT2D eigenvalue weighted by molar-refractivity contribution is 7.90. The van der Waals surface area contributed by atoms with Gasteiger partial charge in [0.05, 0.1) is 27.9 Å². The highest BCUT2D eigenvalue weighted by Crippen LogP contribution is 2.32. The van der Waals surface area contributed by atoms with Gasteiger partial charge in [-0.05, 0) is 73.5 Å². The number of amides is 1. The Kier molecular flexibility index (Phi) is 5.21. The number of fused-ring (bicyclic) bond motifs is 1. The molecule has 0 aliphatic heterocycles. The van der Waals surface area contributed by atoms with Crippen LogP contribution in [0.2, 0.25) is 0 Å². The van der Waals surface area contributed by atoms with Gasteiger partial charge in [0.25, 0.3) is 5.91 Å². The fraction of sp³-hybridized carbons (Fsp3) is 0.182. The van der Waals surface area contributed by atoms with Crippen LogP contribution >= 0.6 is 11.3 Å². The molecule has 8 heteroatoms. The number of aryl methyl sites for hydroxylation is 2. The van der Waals surface area contributed by atoms with E-state index in [1.54, 1.807) is 23.3 Å². The van der Waals surface area contributed by atoms with Crippen LogP contribution < -0.4 is 4.90 Å². The molecule has 0 aliphatic rings. The number of hydrogen-bond donors (Lipinski definition) is 0. The van der Waals surface area contributed by atoms with Crippen LogP contribution in [-0.2, 0) is 16.4 Å². The quantitative estimate of drug-likeness (QED) is 0.447. The average Bonchev–Trinajstić information content (AvgIpc) is 3.35. The summed E-state index contributed by atoms with van der Waals surface area (Å²) in [4.78, 5) is 19.8. The monoisotopic (exact) mass is 440 g/mol. The van der Waals surface area contributed by atoms with Crippen LogP contribution in [0.4, 0.5) is 5.13 Å². The molecule has 1 amide bonds. The fourth-order valence-corrected chi connectivity index (χ4v) is 4.74. The summed E-state index contributed by atoms with van der Waals surface area (Å²) in [6, 6.07) is 13.6. The lowest BCUT2D eigenvalue weighted by atomic mass is 10.1. The van der Waals surface area contributed by atoms with Gasteiger partial charge in [-0.15, -0.1) is 0 Å². The number of sulfone groups is 1. The number of hydrogen-bond acceptors (Lipinski definition) is 6. The molecule has 30 heavy (non-hydrogen) atoms. The SMILES string of the molecule is Cc1cc2nc(N(Cc3ccco3)C(=O)c3ccc(S(C)(=O)=O)cc3)sc2cc1C. The van der Waals surface area contributed by atoms with Gasteiger partial charge < -0.3 is 4.42 Å². The first-order chi connectivity index (χ1) is 14.2. The van der Waals surface area contributed by atoms with E-state index in [1.165, 1.54) is 35.6 Å². The van der Waals surface area contributed by atoms with Gasteiger partial charge in [-0.2, -0.15) is 0 Å². The molecule has 0 saturated heterocycles. The third kappa shape index (κ3) is 4.01.